The van der Waals surface area contributed by atoms with Crippen LogP contribution in [-0.4, -0.2) is 34.8 Å². The molecule has 0 unspecified atom stereocenters. The van der Waals surface area contributed by atoms with Crippen molar-refractivity contribution in [2.24, 2.45) is 5.92 Å². The Balaban J connectivity index is 1.43. The minimum absolute atomic E-state index is 0.0481. The Hall–Kier alpha value is -3.28. The predicted octanol–water partition coefficient (Wildman–Crippen LogP) is 4.74. The summed E-state index contributed by atoms with van der Waals surface area (Å²) in [5, 5.41) is 4.47. The standard InChI is InChI=1S/C27H31N3O3/c1-4-16(2)25(30-15-17-8-5-6-9-19(17)27(30)32)26(31)29-23-11-7-10-20-21-14-18(33-3)12-13-22(21)28-24(20)23/h5-6,8-9,12-14,16,23,25,28H,4,7,10-11,15H2,1-3H3,(H,29,31)/t16-,23+,25+/m0/s1. The van der Waals surface area contributed by atoms with Gasteiger partial charge in [-0.05, 0) is 60.6 Å². The summed E-state index contributed by atoms with van der Waals surface area (Å²) in [4.78, 5) is 32.1. The monoisotopic (exact) mass is 445 g/mol. The summed E-state index contributed by atoms with van der Waals surface area (Å²) in [6.07, 6.45) is 3.68. The van der Waals surface area contributed by atoms with Crippen LogP contribution in [-0.2, 0) is 17.8 Å². The number of benzene rings is 2. The van der Waals surface area contributed by atoms with Crippen molar-refractivity contribution in [3.63, 3.8) is 0 Å². The maximum Gasteiger partial charge on any atom is 0.255 e. The van der Waals surface area contributed by atoms with Crippen molar-refractivity contribution in [1.82, 2.24) is 15.2 Å². The molecule has 2 aliphatic rings. The highest BCUT2D eigenvalue weighted by molar-refractivity contribution is 6.01. The molecule has 3 atom stereocenters. The number of rotatable bonds is 6. The molecule has 0 saturated heterocycles. The minimum Gasteiger partial charge on any atom is -0.497 e. The van der Waals surface area contributed by atoms with Crippen LogP contribution in [0, 0.1) is 5.92 Å². The van der Waals surface area contributed by atoms with Crippen molar-refractivity contribution in [1.29, 1.82) is 0 Å². The molecule has 0 radical (unpaired) electrons. The number of ether oxygens (including phenoxy) is 1. The van der Waals surface area contributed by atoms with Crippen LogP contribution in [0.25, 0.3) is 10.9 Å². The fourth-order valence-electron chi connectivity index (χ4n) is 5.40. The van der Waals surface area contributed by atoms with E-state index in [9.17, 15) is 9.59 Å². The highest BCUT2D eigenvalue weighted by atomic mass is 16.5. The number of aromatic nitrogens is 1. The average molecular weight is 446 g/mol. The minimum atomic E-state index is -0.496. The second-order valence-electron chi connectivity index (χ2n) is 9.30. The third-order valence-corrected chi connectivity index (χ3v) is 7.37. The Morgan fingerprint density at radius 2 is 2.09 bits per heavy atom. The van der Waals surface area contributed by atoms with Crippen molar-refractivity contribution >= 4 is 22.7 Å². The van der Waals surface area contributed by atoms with Gasteiger partial charge in [0.05, 0.1) is 13.2 Å². The fraction of sp³-hybridized carbons (Fsp3) is 0.407. The van der Waals surface area contributed by atoms with Crippen molar-refractivity contribution < 1.29 is 14.3 Å². The van der Waals surface area contributed by atoms with Gasteiger partial charge in [0.1, 0.15) is 11.8 Å². The lowest BCUT2D eigenvalue weighted by molar-refractivity contribution is -0.128. The van der Waals surface area contributed by atoms with Gasteiger partial charge >= 0.3 is 0 Å². The summed E-state index contributed by atoms with van der Waals surface area (Å²) in [6, 6.07) is 13.1. The topological polar surface area (TPSA) is 74.4 Å². The molecule has 2 heterocycles. The summed E-state index contributed by atoms with van der Waals surface area (Å²) in [7, 11) is 1.68. The number of amides is 2. The largest absolute Gasteiger partial charge is 0.497 e. The molecule has 0 saturated carbocycles. The van der Waals surface area contributed by atoms with E-state index in [1.54, 1.807) is 12.0 Å². The van der Waals surface area contributed by atoms with Gasteiger partial charge in [0.25, 0.3) is 5.91 Å². The molecule has 5 rings (SSSR count). The number of aryl methyl sites for hydroxylation is 1. The average Bonchev–Trinajstić information content (AvgIpc) is 3.37. The van der Waals surface area contributed by atoms with Crippen LogP contribution in [0.1, 0.15) is 66.3 Å². The van der Waals surface area contributed by atoms with Crippen molar-refractivity contribution in [3.8, 4) is 5.75 Å². The van der Waals surface area contributed by atoms with Crippen LogP contribution < -0.4 is 10.1 Å². The van der Waals surface area contributed by atoms with E-state index in [4.69, 9.17) is 4.74 Å². The maximum atomic E-state index is 13.7. The lowest BCUT2D eigenvalue weighted by atomic mass is 9.90. The zero-order chi connectivity index (χ0) is 23.1. The Morgan fingerprint density at radius 3 is 2.85 bits per heavy atom. The summed E-state index contributed by atoms with van der Waals surface area (Å²) < 4.78 is 5.42. The van der Waals surface area contributed by atoms with E-state index in [2.05, 4.69) is 30.2 Å². The first-order valence-corrected chi connectivity index (χ1v) is 11.9. The molecule has 1 aromatic heterocycles. The van der Waals surface area contributed by atoms with Crippen molar-refractivity contribution in [2.45, 2.75) is 58.2 Å². The number of hydrogen-bond acceptors (Lipinski definition) is 3. The number of carbonyl (C=O) groups excluding carboxylic acids is 2. The Labute approximate surface area is 194 Å². The predicted molar refractivity (Wildman–Crippen MR) is 128 cm³/mol. The first-order valence-electron chi connectivity index (χ1n) is 11.9. The number of aromatic amines is 1. The van der Waals surface area contributed by atoms with Crippen LogP contribution >= 0.6 is 0 Å². The molecule has 33 heavy (non-hydrogen) atoms. The van der Waals surface area contributed by atoms with Crippen LogP contribution in [0.3, 0.4) is 0 Å². The lowest BCUT2D eigenvalue weighted by Crippen LogP contribution is -2.51. The number of nitrogens with one attached hydrogen (secondary N) is 2. The molecule has 1 aliphatic carbocycles. The van der Waals surface area contributed by atoms with E-state index in [1.807, 2.05) is 36.4 Å². The molecule has 172 valence electrons. The highest BCUT2D eigenvalue weighted by Crippen LogP contribution is 2.37. The molecule has 2 aromatic carbocycles. The van der Waals surface area contributed by atoms with Crippen molar-refractivity contribution in [2.75, 3.05) is 7.11 Å². The van der Waals surface area contributed by atoms with Gasteiger partial charge in [-0.25, -0.2) is 0 Å². The molecule has 0 fully saturated rings. The van der Waals surface area contributed by atoms with Gasteiger partial charge in [-0.15, -0.1) is 0 Å². The third-order valence-electron chi connectivity index (χ3n) is 7.37. The van der Waals surface area contributed by atoms with Gasteiger partial charge in [-0.3, -0.25) is 9.59 Å². The first-order chi connectivity index (χ1) is 16.0. The second-order valence-corrected chi connectivity index (χ2v) is 9.30. The van der Waals surface area contributed by atoms with Crippen molar-refractivity contribution in [3.05, 3.63) is 64.8 Å². The van der Waals surface area contributed by atoms with Crippen LogP contribution in [0.15, 0.2) is 42.5 Å². The second kappa shape index (κ2) is 8.58. The lowest BCUT2D eigenvalue weighted by Gasteiger charge is -2.33. The molecule has 3 aromatic rings. The quantitative estimate of drug-likeness (QED) is 0.575. The Bertz CT molecular complexity index is 1210. The van der Waals surface area contributed by atoms with E-state index in [0.29, 0.717) is 12.1 Å². The number of methoxy groups -OCH3 is 1. The summed E-state index contributed by atoms with van der Waals surface area (Å²) >= 11 is 0. The smallest absolute Gasteiger partial charge is 0.255 e. The molecule has 2 N–H and O–H groups in total. The molecular weight excluding hydrogens is 414 g/mol. The molecular formula is C27H31N3O3. The number of carbonyl (C=O) groups is 2. The van der Waals surface area contributed by atoms with Gasteiger partial charge < -0.3 is 19.9 Å². The molecule has 6 heteroatoms. The van der Waals surface area contributed by atoms with Crippen LogP contribution in [0.5, 0.6) is 5.75 Å². The van der Waals surface area contributed by atoms with Gasteiger partial charge in [-0.2, -0.15) is 0 Å². The number of fused-ring (bicyclic) bond motifs is 4. The number of hydrogen-bond donors (Lipinski definition) is 2. The third kappa shape index (κ3) is 3.67. The van der Waals surface area contributed by atoms with Gasteiger partial charge in [0.15, 0.2) is 0 Å². The zero-order valence-electron chi connectivity index (χ0n) is 19.5. The normalized spacial score (nSPS) is 19.2. The Morgan fingerprint density at radius 1 is 1.27 bits per heavy atom. The highest BCUT2D eigenvalue weighted by Gasteiger charge is 2.40. The summed E-state index contributed by atoms with van der Waals surface area (Å²) in [5.74, 6) is 0.769. The van der Waals surface area contributed by atoms with E-state index in [0.717, 1.165) is 53.6 Å². The molecule has 0 bridgehead atoms. The SMILES string of the molecule is CC[C@H](C)[C@H](C(=O)N[C@@H]1CCCc2c1[nH]c1ccc(OC)cc21)N1Cc2ccccc2C1=O. The van der Waals surface area contributed by atoms with E-state index >= 15 is 0 Å². The summed E-state index contributed by atoms with van der Waals surface area (Å²) in [6.45, 7) is 4.62. The van der Waals surface area contributed by atoms with Crippen LogP contribution in [0.4, 0.5) is 0 Å². The van der Waals surface area contributed by atoms with Gasteiger partial charge in [0.2, 0.25) is 5.91 Å². The maximum absolute atomic E-state index is 13.7. The van der Waals surface area contributed by atoms with Gasteiger partial charge in [0, 0.05) is 28.7 Å². The molecule has 6 nitrogen and oxygen atoms in total. The summed E-state index contributed by atoms with van der Waals surface area (Å²) in [5.41, 5.74) is 5.10. The fourth-order valence-corrected chi connectivity index (χ4v) is 5.40. The Kier molecular flexibility index (Phi) is 5.60. The molecule has 0 spiro atoms. The van der Waals surface area contributed by atoms with E-state index in [-0.39, 0.29) is 23.8 Å². The van der Waals surface area contributed by atoms with E-state index < -0.39 is 6.04 Å². The molecule has 2 amide bonds. The number of H-pyrrole nitrogens is 1. The van der Waals surface area contributed by atoms with Gasteiger partial charge in [-0.1, -0.05) is 38.5 Å². The first kappa shape index (κ1) is 21.6. The zero-order valence-corrected chi connectivity index (χ0v) is 19.5. The number of nitrogens with zero attached hydrogens (tertiary/aromatic N) is 1. The van der Waals surface area contributed by atoms with E-state index in [1.165, 1.54) is 5.56 Å². The van der Waals surface area contributed by atoms with Crippen LogP contribution in [0.2, 0.25) is 0 Å². The molecule has 1 aliphatic heterocycles.